The van der Waals surface area contributed by atoms with Crippen LogP contribution in [0.15, 0.2) is 36.5 Å². The Bertz CT molecular complexity index is 825. The monoisotopic (exact) mass is 361 g/mol. The zero-order chi connectivity index (χ0) is 18.7. The number of rotatable bonds is 6. The van der Waals surface area contributed by atoms with Crippen molar-refractivity contribution in [2.45, 2.75) is 31.2 Å². The fraction of sp³-hybridized carbons (Fsp3) is 0.294. The number of ketones is 1. The SMILES string of the molecule is NNC(=O)c1cnc(NC2(c3ccccc3)CCC2)nc1C(=O)C(F)F. The fourth-order valence-electron chi connectivity index (χ4n) is 2.96. The summed E-state index contributed by atoms with van der Waals surface area (Å²) in [6, 6.07) is 9.60. The van der Waals surface area contributed by atoms with Crippen LogP contribution in [0.25, 0.3) is 0 Å². The maximum absolute atomic E-state index is 12.9. The first-order valence-electron chi connectivity index (χ1n) is 8.01. The number of carbonyl (C=O) groups excluding carboxylic acids is 2. The van der Waals surface area contributed by atoms with Crippen molar-refractivity contribution in [1.82, 2.24) is 15.4 Å². The molecule has 1 aromatic carbocycles. The van der Waals surface area contributed by atoms with Gasteiger partial charge in [0.25, 0.3) is 5.91 Å². The number of nitrogen functional groups attached to an aromatic ring is 1. The summed E-state index contributed by atoms with van der Waals surface area (Å²) in [5, 5.41) is 3.14. The van der Waals surface area contributed by atoms with Crippen LogP contribution < -0.4 is 16.6 Å². The van der Waals surface area contributed by atoms with Crippen molar-refractivity contribution < 1.29 is 18.4 Å². The van der Waals surface area contributed by atoms with Crippen molar-refractivity contribution in [3.63, 3.8) is 0 Å². The molecule has 0 radical (unpaired) electrons. The number of alkyl halides is 2. The number of nitrogens with one attached hydrogen (secondary N) is 2. The molecule has 0 unspecified atom stereocenters. The van der Waals surface area contributed by atoms with Gasteiger partial charge in [0.2, 0.25) is 11.7 Å². The van der Waals surface area contributed by atoms with Gasteiger partial charge in [-0.25, -0.2) is 24.6 Å². The van der Waals surface area contributed by atoms with Crippen molar-refractivity contribution in [1.29, 1.82) is 0 Å². The van der Waals surface area contributed by atoms with Crippen LogP contribution >= 0.6 is 0 Å². The maximum atomic E-state index is 12.9. The molecule has 1 amide bonds. The molecule has 1 aromatic heterocycles. The van der Waals surface area contributed by atoms with Gasteiger partial charge in [0.1, 0.15) is 5.69 Å². The average molecular weight is 361 g/mol. The Kier molecular flexibility index (Phi) is 4.90. The summed E-state index contributed by atoms with van der Waals surface area (Å²) in [5.41, 5.74) is 1.32. The topological polar surface area (TPSA) is 110 Å². The average Bonchev–Trinajstić information content (AvgIpc) is 2.64. The molecule has 9 heteroatoms. The van der Waals surface area contributed by atoms with Crippen LogP contribution in [-0.2, 0) is 5.54 Å². The third kappa shape index (κ3) is 3.25. The van der Waals surface area contributed by atoms with Crippen LogP contribution in [0.4, 0.5) is 14.7 Å². The van der Waals surface area contributed by atoms with E-state index >= 15 is 0 Å². The number of amides is 1. The molecule has 2 aromatic rings. The molecule has 0 saturated heterocycles. The highest BCUT2D eigenvalue weighted by molar-refractivity contribution is 6.07. The largest absolute Gasteiger partial charge is 0.345 e. The number of hydrogen-bond acceptors (Lipinski definition) is 6. The minimum Gasteiger partial charge on any atom is -0.345 e. The van der Waals surface area contributed by atoms with Crippen LogP contribution in [0, 0.1) is 0 Å². The van der Waals surface area contributed by atoms with E-state index in [1.165, 1.54) is 0 Å². The van der Waals surface area contributed by atoms with Crippen LogP contribution in [0.1, 0.15) is 45.7 Å². The van der Waals surface area contributed by atoms with Gasteiger partial charge in [-0.1, -0.05) is 30.3 Å². The second kappa shape index (κ2) is 7.12. The first-order valence-corrected chi connectivity index (χ1v) is 8.01. The first kappa shape index (κ1) is 17.9. The molecule has 0 atom stereocenters. The Hall–Kier alpha value is -2.94. The molecule has 7 nitrogen and oxygen atoms in total. The smallest absolute Gasteiger partial charge is 0.302 e. The summed E-state index contributed by atoms with van der Waals surface area (Å²) in [5.74, 6) is 2.56. The number of halogens is 2. The molecule has 1 aliphatic rings. The minimum absolute atomic E-state index is 0.00567. The van der Waals surface area contributed by atoms with Gasteiger partial charge in [0, 0.05) is 6.20 Å². The van der Waals surface area contributed by atoms with E-state index in [0.29, 0.717) is 0 Å². The summed E-state index contributed by atoms with van der Waals surface area (Å²) < 4.78 is 25.8. The van der Waals surface area contributed by atoms with Gasteiger partial charge >= 0.3 is 6.43 Å². The Morgan fingerprint density at radius 2 is 1.88 bits per heavy atom. The number of nitrogens with zero attached hydrogens (tertiary/aromatic N) is 2. The van der Waals surface area contributed by atoms with Crippen LogP contribution in [-0.4, -0.2) is 28.1 Å². The van der Waals surface area contributed by atoms with E-state index in [4.69, 9.17) is 5.84 Å². The Labute approximate surface area is 148 Å². The molecule has 0 spiro atoms. The van der Waals surface area contributed by atoms with Gasteiger partial charge < -0.3 is 5.32 Å². The number of aromatic nitrogens is 2. The standard InChI is InChI=1S/C17H17F2N5O2/c18-14(19)13(25)12-11(15(26)24-20)9-21-16(22-12)23-17(7-4-8-17)10-5-2-1-3-6-10/h1-3,5-6,9,14H,4,7-8,20H2,(H,24,26)(H,21,22,23). The van der Waals surface area contributed by atoms with E-state index in [9.17, 15) is 18.4 Å². The van der Waals surface area contributed by atoms with E-state index in [0.717, 1.165) is 31.0 Å². The molecule has 1 saturated carbocycles. The lowest BCUT2D eigenvalue weighted by atomic mass is 9.72. The second-order valence-corrected chi connectivity index (χ2v) is 6.02. The van der Waals surface area contributed by atoms with Crippen molar-refractivity contribution >= 4 is 17.6 Å². The van der Waals surface area contributed by atoms with Crippen LogP contribution in [0.2, 0.25) is 0 Å². The summed E-state index contributed by atoms with van der Waals surface area (Å²) in [4.78, 5) is 31.4. The van der Waals surface area contributed by atoms with Gasteiger partial charge in [-0.05, 0) is 24.8 Å². The summed E-state index contributed by atoms with van der Waals surface area (Å²) in [7, 11) is 0. The highest BCUT2D eigenvalue weighted by Gasteiger charge is 2.39. The van der Waals surface area contributed by atoms with E-state index in [1.54, 1.807) is 5.43 Å². The number of Topliss-reactive ketones (excluding diaryl/α,β-unsaturated/α-hetero) is 1. The van der Waals surface area contributed by atoms with E-state index in [-0.39, 0.29) is 5.95 Å². The van der Waals surface area contributed by atoms with E-state index in [2.05, 4.69) is 15.3 Å². The number of carbonyl (C=O) groups is 2. The lowest BCUT2D eigenvalue weighted by molar-refractivity contribution is 0.0669. The van der Waals surface area contributed by atoms with Gasteiger partial charge in [0.05, 0.1) is 11.1 Å². The molecule has 4 N–H and O–H groups in total. The molecule has 0 aliphatic heterocycles. The zero-order valence-corrected chi connectivity index (χ0v) is 13.7. The molecule has 0 bridgehead atoms. The third-order valence-corrected chi connectivity index (χ3v) is 4.48. The van der Waals surface area contributed by atoms with Gasteiger partial charge in [-0.3, -0.25) is 15.0 Å². The van der Waals surface area contributed by atoms with E-state index in [1.807, 2.05) is 30.3 Å². The van der Waals surface area contributed by atoms with Crippen LogP contribution in [0.5, 0.6) is 0 Å². The van der Waals surface area contributed by atoms with Gasteiger partial charge in [0.15, 0.2) is 0 Å². The summed E-state index contributed by atoms with van der Waals surface area (Å²) >= 11 is 0. The molecule has 1 aliphatic carbocycles. The lowest BCUT2D eigenvalue weighted by Gasteiger charge is -2.43. The third-order valence-electron chi connectivity index (χ3n) is 4.48. The van der Waals surface area contributed by atoms with Gasteiger partial charge in [-0.15, -0.1) is 0 Å². The normalized spacial score (nSPS) is 15.2. The Balaban J connectivity index is 1.97. The van der Waals surface area contributed by atoms with Crippen molar-refractivity contribution in [3.05, 3.63) is 53.3 Å². The highest BCUT2D eigenvalue weighted by Crippen LogP contribution is 2.43. The van der Waals surface area contributed by atoms with Gasteiger partial charge in [-0.2, -0.15) is 0 Å². The number of hydrogen-bond donors (Lipinski definition) is 3. The molecule has 3 rings (SSSR count). The number of nitrogens with two attached hydrogens (primary N) is 1. The van der Waals surface area contributed by atoms with Crippen molar-refractivity contribution in [2.24, 2.45) is 5.84 Å². The molecule has 1 heterocycles. The molecular weight excluding hydrogens is 344 g/mol. The second-order valence-electron chi connectivity index (χ2n) is 6.02. The van der Waals surface area contributed by atoms with Crippen LogP contribution in [0.3, 0.4) is 0 Å². The maximum Gasteiger partial charge on any atom is 0.302 e. The molecule has 1 fully saturated rings. The Morgan fingerprint density at radius 3 is 2.42 bits per heavy atom. The van der Waals surface area contributed by atoms with E-state index < -0.39 is 34.9 Å². The first-order chi connectivity index (χ1) is 12.5. The lowest BCUT2D eigenvalue weighted by Crippen LogP contribution is -2.42. The zero-order valence-electron chi connectivity index (χ0n) is 13.7. The number of benzene rings is 1. The van der Waals surface area contributed by atoms with Crippen molar-refractivity contribution in [2.75, 3.05) is 5.32 Å². The van der Waals surface area contributed by atoms with Crippen molar-refractivity contribution in [3.8, 4) is 0 Å². The number of hydrazine groups is 1. The Morgan fingerprint density at radius 1 is 1.19 bits per heavy atom. The number of anilines is 1. The molecule has 26 heavy (non-hydrogen) atoms. The summed E-state index contributed by atoms with van der Waals surface area (Å²) in [6.07, 6.45) is 0.324. The minimum atomic E-state index is -3.30. The molecular formula is C17H17F2N5O2. The predicted octanol–water partition coefficient (Wildman–Crippen LogP) is 2.02. The quantitative estimate of drug-likeness (QED) is 0.314. The highest BCUT2D eigenvalue weighted by atomic mass is 19.3. The predicted molar refractivity (Wildman–Crippen MR) is 89.6 cm³/mol. The molecule has 136 valence electrons. The fourth-order valence-corrected chi connectivity index (χ4v) is 2.96. The summed E-state index contributed by atoms with van der Waals surface area (Å²) in [6.45, 7) is 0.